The maximum absolute atomic E-state index is 13.7. The van der Waals surface area contributed by atoms with Gasteiger partial charge in [-0.25, -0.2) is 4.39 Å². The van der Waals surface area contributed by atoms with Crippen LogP contribution in [-0.4, -0.2) is 13.1 Å². The van der Waals surface area contributed by atoms with Crippen molar-refractivity contribution >= 4 is 11.6 Å². The van der Waals surface area contributed by atoms with Gasteiger partial charge >= 0.3 is 0 Å². The van der Waals surface area contributed by atoms with Crippen LogP contribution < -0.4 is 5.32 Å². The van der Waals surface area contributed by atoms with Crippen LogP contribution in [0.4, 0.5) is 4.39 Å². The molecule has 0 spiro atoms. The van der Waals surface area contributed by atoms with E-state index in [0.717, 1.165) is 25.1 Å². The summed E-state index contributed by atoms with van der Waals surface area (Å²) >= 11 is 5.74. The molecule has 3 heteroatoms. The Morgan fingerprint density at radius 1 is 1.35 bits per heavy atom. The predicted molar refractivity (Wildman–Crippen MR) is 72.1 cm³/mol. The van der Waals surface area contributed by atoms with Crippen LogP contribution in [0.5, 0.6) is 0 Å². The molecule has 0 bridgehead atoms. The molecular weight excluding hydrogens is 237 g/mol. The average molecular weight is 258 g/mol. The van der Waals surface area contributed by atoms with E-state index < -0.39 is 0 Å². The van der Waals surface area contributed by atoms with Crippen molar-refractivity contribution in [3.63, 3.8) is 0 Å². The maximum atomic E-state index is 13.7. The summed E-state index contributed by atoms with van der Waals surface area (Å²) < 4.78 is 13.7. The number of rotatable bonds is 6. The molecule has 0 heterocycles. The molecule has 1 aromatic carbocycles. The number of halogens is 2. The van der Waals surface area contributed by atoms with E-state index in [2.05, 4.69) is 26.1 Å². The van der Waals surface area contributed by atoms with E-state index in [-0.39, 0.29) is 11.2 Å². The van der Waals surface area contributed by atoms with Gasteiger partial charge in [-0.05, 0) is 42.5 Å². The van der Waals surface area contributed by atoms with Crippen LogP contribution in [0, 0.1) is 11.2 Å². The van der Waals surface area contributed by atoms with Crippen LogP contribution in [0.3, 0.4) is 0 Å². The highest BCUT2D eigenvalue weighted by atomic mass is 35.5. The SMILES string of the molecule is CCCNCC(C)(C)Cc1ccc(Cl)cc1F. The highest BCUT2D eigenvalue weighted by Gasteiger charge is 2.19. The van der Waals surface area contributed by atoms with E-state index >= 15 is 0 Å². The summed E-state index contributed by atoms with van der Waals surface area (Å²) in [5, 5.41) is 3.83. The molecule has 0 amide bonds. The molecule has 0 unspecified atom stereocenters. The first-order valence-corrected chi connectivity index (χ1v) is 6.47. The fourth-order valence-corrected chi connectivity index (χ4v) is 2.01. The lowest BCUT2D eigenvalue weighted by Gasteiger charge is -2.25. The van der Waals surface area contributed by atoms with E-state index in [0.29, 0.717) is 11.4 Å². The zero-order valence-electron chi connectivity index (χ0n) is 10.8. The van der Waals surface area contributed by atoms with E-state index in [1.54, 1.807) is 12.1 Å². The highest BCUT2D eigenvalue weighted by molar-refractivity contribution is 6.30. The van der Waals surface area contributed by atoms with Gasteiger partial charge in [-0.1, -0.05) is 38.4 Å². The van der Waals surface area contributed by atoms with Gasteiger partial charge < -0.3 is 5.32 Å². The molecule has 0 saturated carbocycles. The topological polar surface area (TPSA) is 12.0 Å². The Hall–Kier alpha value is -0.600. The molecule has 0 aliphatic carbocycles. The molecule has 0 aliphatic heterocycles. The molecule has 0 fully saturated rings. The number of hydrogen-bond acceptors (Lipinski definition) is 1. The summed E-state index contributed by atoms with van der Waals surface area (Å²) in [6.07, 6.45) is 1.83. The maximum Gasteiger partial charge on any atom is 0.127 e. The standard InChI is InChI=1S/C14H21ClFN/c1-4-7-17-10-14(2,3)9-11-5-6-12(15)8-13(11)16/h5-6,8,17H,4,7,9-10H2,1-3H3. The Kier molecular flexibility index (Phi) is 5.41. The van der Waals surface area contributed by atoms with Gasteiger partial charge in [0.05, 0.1) is 0 Å². The minimum atomic E-state index is -0.207. The third kappa shape index (κ3) is 5.05. The van der Waals surface area contributed by atoms with Crippen molar-refractivity contribution in [1.82, 2.24) is 5.32 Å². The van der Waals surface area contributed by atoms with Gasteiger partial charge in [0.1, 0.15) is 5.82 Å². The monoisotopic (exact) mass is 257 g/mol. The van der Waals surface area contributed by atoms with Crippen LogP contribution >= 0.6 is 11.6 Å². The van der Waals surface area contributed by atoms with Gasteiger partial charge in [0.25, 0.3) is 0 Å². The zero-order chi connectivity index (χ0) is 12.9. The molecule has 0 radical (unpaired) electrons. The first-order chi connectivity index (χ1) is 7.94. The Morgan fingerprint density at radius 2 is 2.06 bits per heavy atom. The summed E-state index contributed by atoms with van der Waals surface area (Å²) in [5.41, 5.74) is 0.779. The Bertz CT molecular complexity index is 363. The molecule has 1 rings (SSSR count). The summed E-state index contributed by atoms with van der Waals surface area (Å²) in [5.74, 6) is -0.207. The minimum Gasteiger partial charge on any atom is -0.316 e. The lowest BCUT2D eigenvalue weighted by atomic mass is 9.85. The summed E-state index contributed by atoms with van der Waals surface area (Å²) in [4.78, 5) is 0. The third-order valence-corrected chi connectivity index (χ3v) is 2.95. The van der Waals surface area contributed by atoms with Crippen LogP contribution in [0.1, 0.15) is 32.8 Å². The first kappa shape index (κ1) is 14.5. The summed E-state index contributed by atoms with van der Waals surface area (Å²) in [6, 6.07) is 4.90. The predicted octanol–water partition coefficient (Wildman–Crippen LogP) is 4.05. The molecular formula is C14H21ClFN. The molecule has 1 N–H and O–H groups in total. The fraction of sp³-hybridized carbons (Fsp3) is 0.571. The van der Waals surface area contributed by atoms with Crippen LogP contribution in [0.15, 0.2) is 18.2 Å². The van der Waals surface area contributed by atoms with Gasteiger partial charge in [0.2, 0.25) is 0 Å². The van der Waals surface area contributed by atoms with Crippen molar-refractivity contribution in [2.24, 2.45) is 5.41 Å². The quantitative estimate of drug-likeness (QED) is 0.759. The van der Waals surface area contributed by atoms with Gasteiger partial charge in [0, 0.05) is 11.6 Å². The number of benzene rings is 1. The number of hydrogen-bond donors (Lipinski definition) is 1. The summed E-state index contributed by atoms with van der Waals surface area (Å²) in [6.45, 7) is 8.32. The van der Waals surface area contributed by atoms with E-state index in [4.69, 9.17) is 11.6 Å². The lowest BCUT2D eigenvalue weighted by Crippen LogP contribution is -2.31. The second kappa shape index (κ2) is 6.36. The molecule has 1 aromatic rings. The van der Waals surface area contributed by atoms with Gasteiger partial charge in [-0.2, -0.15) is 0 Å². The molecule has 96 valence electrons. The van der Waals surface area contributed by atoms with Crippen molar-refractivity contribution in [3.05, 3.63) is 34.6 Å². The van der Waals surface area contributed by atoms with E-state index in [1.165, 1.54) is 6.07 Å². The largest absolute Gasteiger partial charge is 0.316 e. The molecule has 0 aliphatic rings. The first-order valence-electron chi connectivity index (χ1n) is 6.09. The van der Waals surface area contributed by atoms with E-state index in [1.807, 2.05) is 0 Å². The fourth-order valence-electron chi connectivity index (χ4n) is 1.85. The van der Waals surface area contributed by atoms with Crippen molar-refractivity contribution in [1.29, 1.82) is 0 Å². The lowest BCUT2D eigenvalue weighted by molar-refractivity contribution is 0.334. The van der Waals surface area contributed by atoms with Crippen molar-refractivity contribution < 1.29 is 4.39 Å². The van der Waals surface area contributed by atoms with Gasteiger partial charge in [-0.3, -0.25) is 0 Å². The van der Waals surface area contributed by atoms with E-state index in [9.17, 15) is 4.39 Å². The van der Waals surface area contributed by atoms with Crippen molar-refractivity contribution in [2.45, 2.75) is 33.6 Å². The van der Waals surface area contributed by atoms with Crippen LogP contribution in [0.2, 0.25) is 5.02 Å². The molecule has 0 atom stereocenters. The second-order valence-corrected chi connectivity index (χ2v) is 5.69. The Balaban J connectivity index is 2.62. The van der Waals surface area contributed by atoms with Crippen LogP contribution in [-0.2, 0) is 6.42 Å². The molecule has 17 heavy (non-hydrogen) atoms. The smallest absolute Gasteiger partial charge is 0.127 e. The van der Waals surface area contributed by atoms with Crippen molar-refractivity contribution in [2.75, 3.05) is 13.1 Å². The second-order valence-electron chi connectivity index (χ2n) is 5.25. The molecule has 0 saturated heterocycles. The third-order valence-electron chi connectivity index (χ3n) is 2.71. The molecule has 1 nitrogen and oxygen atoms in total. The normalized spacial score (nSPS) is 11.8. The van der Waals surface area contributed by atoms with Gasteiger partial charge in [0.15, 0.2) is 0 Å². The Labute approximate surface area is 108 Å². The zero-order valence-corrected chi connectivity index (χ0v) is 11.6. The highest BCUT2D eigenvalue weighted by Crippen LogP contribution is 2.24. The Morgan fingerprint density at radius 3 is 2.65 bits per heavy atom. The summed E-state index contributed by atoms with van der Waals surface area (Å²) in [7, 11) is 0. The molecule has 0 aromatic heterocycles. The number of nitrogens with one attached hydrogen (secondary N) is 1. The van der Waals surface area contributed by atoms with Crippen LogP contribution in [0.25, 0.3) is 0 Å². The average Bonchev–Trinajstić information content (AvgIpc) is 2.22. The van der Waals surface area contributed by atoms with Crippen molar-refractivity contribution in [3.8, 4) is 0 Å². The minimum absolute atomic E-state index is 0.0455. The van der Waals surface area contributed by atoms with Gasteiger partial charge in [-0.15, -0.1) is 0 Å².